The molecule has 0 saturated carbocycles. The lowest BCUT2D eigenvalue weighted by atomic mass is 10.0. The second-order valence-electron chi connectivity index (χ2n) is 6.47. The first-order valence-corrected chi connectivity index (χ1v) is 8.73. The van der Waals surface area contributed by atoms with Crippen molar-refractivity contribution >= 4 is 17.5 Å². The predicted molar refractivity (Wildman–Crippen MR) is 97.2 cm³/mol. The van der Waals surface area contributed by atoms with Gasteiger partial charge in [-0.2, -0.15) is 0 Å². The highest BCUT2D eigenvalue weighted by atomic mass is 35.5. The number of rotatable bonds is 3. The van der Waals surface area contributed by atoms with Crippen LogP contribution in [0.1, 0.15) is 47.5 Å². The molecule has 1 aromatic carbocycles. The minimum Gasteiger partial charge on any atom is -0.370 e. The van der Waals surface area contributed by atoms with Gasteiger partial charge in [-0.25, -0.2) is 0 Å². The highest BCUT2D eigenvalue weighted by Gasteiger charge is 2.28. The van der Waals surface area contributed by atoms with Gasteiger partial charge in [0.1, 0.15) is 6.10 Å². The van der Waals surface area contributed by atoms with Crippen molar-refractivity contribution in [1.29, 1.82) is 0 Å². The summed E-state index contributed by atoms with van der Waals surface area (Å²) in [6.07, 6.45) is -0.180. The van der Waals surface area contributed by atoms with Crippen LogP contribution in [-0.4, -0.2) is 35.5 Å². The number of nitrogens with zero attached hydrogens (tertiary/aromatic N) is 1. The Kier molecular flexibility index (Phi) is 5.25. The summed E-state index contributed by atoms with van der Waals surface area (Å²) in [6, 6.07) is 10.5. The van der Waals surface area contributed by atoms with E-state index >= 15 is 0 Å². The number of H-pyrrole nitrogens is 1. The zero-order valence-corrected chi connectivity index (χ0v) is 15.0. The van der Waals surface area contributed by atoms with E-state index in [0.717, 1.165) is 5.56 Å². The van der Waals surface area contributed by atoms with Crippen molar-refractivity contribution in [3.63, 3.8) is 0 Å². The standard InChI is InChI=1S/C19H21ClN2O3/c1-12(2)18-15(7-8-17(23)21-18)19(24)22-9-10-25-16(11-22)13-3-5-14(20)6-4-13/h3-8,12,16H,9-11H2,1-2H3,(H,21,23). The van der Waals surface area contributed by atoms with Crippen LogP contribution < -0.4 is 5.56 Å². The molecule has 0 bridgehead atoms. The number of carbonyl (C=O) groups excluding carboxylic acids is 1. The maximum absolute atomic E-state index is 13.0. The lowest BCUT2D eigenvalue weighted by Gasteiger charge is -2.33. The Labute approximate surface area is 151 Å². The first-order chi connectivity index (χ1) is 12.0. The molecule has 1 aromatic heterocycles. The smallest absolute Gasteiger partial charge is 0.255 e. The highest BCUT2D eigenvalue weighted by Crippen LogP contribution is 2.25. The molecule has 0 aliphatic carbocycles. The van der Waals surface area contributed by atoms with Crippen LogP contribution in [0.5, 0.6) is 0 Å². The number of carbonyl (C=O) groups is 1. The van der Waals surface area contributed by atoms with Crippen molar-refractivity contribution in [2.75, 3.05) is 19.7 Å². The zero-order valence-electron chi connectivity index (χ0n) is 14.3. The number of pyridine rings is 1. The number of halogens is 1. The molecule has 5 nitrogen and oxygen atoms in total. The van der Waals surface area contributed by atoms with Gasteiger partial charge < -0.3 is 14.6 Å². The fraction of sp³-hybridized carbons (Fsp3) is 0.368. The summed E-state index contributed by atoms with van der Waals surface area (Å²) in [7, 11) is 0. The molecule has 1 fully saturated rings. The van der Waals surface area contributed by atoms with Gasteiger partial charge >= 0.3 is 0 Å². The minimum absolute atomic E-state index is 0.0564. The Morgan fingerprint density at radius 2 is 1.96 bits per heavy atom. The molecule has 0 radical (unpaired) electrons. The van der Waals surface area contributed by atoms with E-state index in [-0.39, 0.29) is 23.5 Å². The number of amides is 1. The molecule has 0 spiro atoms. The van der Waals surface area contributed by atoms with Gasteiger partial charge in [-0.1, -0.05) is 37.6 Å². The quantitative estimate of drug-likeness (QED) is 0.912. The molecule has 1 atom stereocenters. The predicted octanol–water partition coefficient (Wildman–Crippen LogP) is 3.37. The van der Waals surface area contributed by atoms with E-state index in [2.05, 4.69) is 4.98 Å². The number of aromatic amines is 1. The fourth-order valence-electron chi connectivity index (χ4n) is 3.02. The maximum Gasteiger partial charge on any atom is 0.255 e. The summed E-state index contributed by atoms with van der Waals surface area (Å²) in [5.41, 5.74) is 2.02. The molecule has 1 unspecified atom stereocenters. The third-order valence-corrected chi connectivity index (χ3v) is 4.60. The normalized spacial score (nSPS) is 17.8. The molecule has 132 valence electrons. The van der Waals surface area contributed by atoms with Crippen molar-refractivity contribution in [3.8, 4) is 0 Å². The molecule has 2 heterocycles. The Morgan fingerprint density at radius 1 is 1.24 bits per heavy atom. The Hall–Kier alpha value is -2.11. The number of benzene rings is 1. The molecule has 6 heteroatoms. The number of aromatic nitrogens is 1. The van der Waals surface area contributed by atoms with Gasteiger partial charge in [0.2, 0.25) is 5.56 Å². The SMILES string of the molecule is CC(C)c1[nH]c(=O)ccc1C(=O)N1CCOC(c2ccc(Cl)cc2)C1. The molecule has 1 aliphatic heterocycles. The molecular formula is C19H21ClN2O3. The van der Waals surface area contributed by atoms with E-state index in [9.17, 15) is 9.59 Å². The van der Waals surface area contributed by atoms with Gasteiger partial charge in [-0.15, -0.1) is 0 Å². The molecule has 3 rings (SSSR count). The van der Waals surface area contributed by atoms with E-state index in [1.807, 2.05) is 38.1 Å². The topological polar surface area (TPSA) is 62.4 Å². The van der Waals surface area contributed by atoms with Crippen molar-refractivity contribution in [1.82, 2.24) is 9.88 Å². The van der Waals surface area contributed by atoms with Crippen LogP contribution in [0.25, 0.3) is 0 Å². The van der Waals surface area contributed by atoms with Crippen LogP contribution >= 0.6 is 11.6 Å². The molecule has 1 amide bonds. The largest absolute Gasteiger partial charge is 0.370 e. The van der Waals surface area contributed by atoms with Crippen LogP contribution in [0.15, 0.2) is 41.2 Å². The monoisotopic (exact) mass is 360 g/mol. The summed E-state index contributed by atoms with van der Waals surface area (Å²) in [5.74, 6) is -0.0248. The van der Waals surface area contributed by atoms with Crippen molar-refractivity contribution in [2.45, 2.75) is 25.9 Å². The van der Waals surface area contributed by atoms with Gasteiger partial charge in [0.25, 0.3) is 5.91 Å². The van der Waals surface area contributed by atoms with Gasteiger partial charge in [0.15, 0.2) is 0 Å². The van der Waals surface area contributed by atoms with Gasteiger partial charge in [0, 0.05) is 23.3 Å². The first-order valence-electron chi connectivity index (χ1n) is 8.35. The summed E-state index contributed by atoms with van der Waals surface area (Å²) < 4.78 is 5.82. The molecule has 1 saturated heterocycles. The second-order valence-corrected chi connectivity index (χ2v) is 6.90. The van der Waals surface area contributed by atoms with Crippen LogP contribution in [-0.2, 0) is 4.74 Å². The van der Waals surface area contributed by atoms with Gasteiger partial charge in [-0.3, -0.25) is 9.59 Å². The molecule has 2 aromatic rings. The molecule has 25 heavy (non-hydrogen) atoms. The third kappa shape index (κ3) is 3.94. The fourth-order valence-corrected chi connectivity index (χ4v) is 3.14. The average Bonchev–Trinajstić information content (AvgIpc) is 2.62. The third-order valence-electron chi connectivity index (χ3n) is 4.35. The van der Waals surface area contributed by atoms with E-state index in [1.165, 1.54) is 6.07 Å². The highest BCUT2D eigenvalue weighted by molar-refractivity contribution is 6.30. The van der Waals surface area contributed by atoms with E-state index in [1.54, 1.807) is 11.0 Å². The van der Waals surface area contributed by atoms with E-state index < -0.39 is 0 Å². The number of hydrogen-bond donors (Lipinski definition) is 1. The first kappa shape index (κ1) is 17.7. The lowest BCUT2D eigenvalue weighted by Crippen LogP contribution is -2.42. The van der Waals surface area contributed by atoms with Crippen molar-refractivity contribution < 1.29 is 9.53 Å². The Morgan fingerprint density at radius 3 is 2.64 bits per heavy atom. The zero-order chi connectivity index (χ0) is 18.0. The number of hydrogen-bond acceptors (Lipinski definition) is 3. The molecule has 1 aliphatic rings. The van der Waals surface area contributed by atoms with E-state index in [0.29, 0.717) is 36.0 Å². The van der Waals surface area contributed by atoms with Crippen molar-refractivity contribution in [2.24, 2.45) is 0 Å². The maximum atomic E-state index is 13.0. The second kappa shape index (κ2) is 7.42. The average molecular weight is 361 g/mol. The summed E-state index contributed by atoms with van der Waals surface area (Å²) in [5, 5.41) is 0.669. The van der Waals surface area contributed by atoms with Crippen LogP contribution in [0.2, 0.25) is 5.02 Å². The van der Waals surface area contributed by atoms with E-state index in [4.69, 9.17) is 16.3 Å². The molecule has 1 N–H and O–H groups in total. The Bertz CT molecular complexity index is 814. The van der Waals surface area contributed by atoms with Crippen molar-refractivity contribution in [3.05, 3.63) is 68.6 Å². The summed E-state index contributed by atoms with van der Waals surface area (Å²) in [6.45, 7) is 5.38. The summed E-state index contributed by atoms with van der Waals surface area (Å²) >= 11 is 5.94. The minimum atomic E-state index is -0.193. The Balaban J connectivity index is 1.83. The molecular weight excluding hydrogens is 340 g/mol. The lowest BCUT2D eigenvalue weighted by molar-refractivity contribution is -0.0228. The van der Waals surface area contributed by atoms with Gasteiger partial charge in [-0.05, 0) is 29.7 Å². The van der Waals surface area contributed by atoms with Crippen LogP contribution in [0, 0.1) is 0 Å². The number of ether oxygens (including phenoxy) is 1. The van der Waals surface area contributed by atoms with Gasteiger partial charge in [0.05, 0.1) is 18.7 Å². The van der Waals surface area contributed by atoms with Crippen LogP contribution in [0.3, 0.4) is 0 Å². The number of morpholine rings is 1. The number of nitrogens with one attached hydrogen (secondary N) is 1. The van der Waals surface area contributed by atoms with Crippen LogP contribution in [0.4, 0.5) is 0 Å². The summed E-state index contributed by atoms with van der Waals surface area (Å²) in [4.78, 5) is 29.2.